The molecule has 0 fully saturated rings. The van der Waals surface area contributed by atoms with Gasteiger partial charge in [-0.25, -0.2) is 8.78 Å². The second-order valence-electron chi connectivity index (χ2n) is 8.09. The molecule has 0 radical (unpaired) electrons. The van der Waals surface area contributed by atoms with Crippen molar-refractivity contribution in [3.63, 3.8) is 0 Å². The first-order chi connectivity index (χ1) is 15.8. The predicted octanol–water partition coefficient (Wildman–Crippen LogP) is 6.31. The Bertz CT molecular complexity index is 1180. The van der Waals surface area contributed by atoms with Crippen LogP contribution in [0.3, 0.4) is 0 Å². The fourth-order valence-corrected chi connectivity index (χ4v) is 6.81. The number of anilines is 1. The molecular formula is C25H26F2N2O2S2. The van der Waals surface area contributed by atoms with Crippen molar-refractivity contribution in [2.24, 2.45) is 0 Å². The Hall–Kier alpha value is -2.45. The maximum atomic E-state index is 14.3. The average Bonchev–Trinajstić information content (AvgIpc) is 3.18. The molecule has 0 bridgehead atoms. The van der Waals surface area contributed by atoms with E-state index >= 15 is 0 Å². The molecule has 4 nitrogen and oxygen atoms in total. The lowest BCUT2D eigenvalue weighted by Gasteiger charge is -2.34. The largest absolute Gasteiger partial charge is 0.362 e. The zero-order chi connectivity index (χ0) is 23.7. The minimum atomic E-state index is -0.846. The van der Waals surface area contributed by atoms with Crippen LogP contribution < -0.4 is 10.6 Å². The van der Waals surface area contributed by atoms with Crippen LogP contribution in [0.1, 0.15) is 56.4 Å². The number of dihydropyridines is 1. The predicted molar refractivity (Wildman–Crippen MR) is 130 cm³/mol. The van der Waals surface area contributed by atoms with Crippen molar-refractivity contribution >= 4 is 40.5 Å². The lowest BCUT2D eigenvalue weighted by Crippen LogP contribution is -2.35. The highest BCUT2D eigenvalue weighted by atomic mass is 32.2. The summed E-state index contributed by atoms with van der Waals surface area (Å²) >= 11 is 3.40. The highest BCUT2D eigenvalue weighted by Crippen LogP contribution is 2.47. The fourth-order valence-electron chi connectivity index (χ4n) is 4.43. The topological polar surface area (TPSA) is 58.2 Å². The van der Waals surface area contributed by atoms with Gasteiger partial charge in [-0.05, 0) is 55.7 Å². The van der Waals surface area contributed by atoms with Gasteiger partial charge in [0.1, 0.15) is 11.6 Å². The summed E-state index contributed by atoms with van der Waals surface area (Å²) in [5.41, 5.74) is 3.40. The van der Waals surface area contributed by atoms with Crippen LogP contribution in [0.25, 0.3) is 0 Å². The molecule has 1 aromatic heterocycles. The van der Waals surface area contributed by atoms with Gasteiger partial charge in [0.15, 0.2) is 5.78 Å². The van der Waals surface area contributed by atoms with Crippen molar-refractivity contribution in [2.45, 2.75) is 56.6 Å². The molecule has 174 valence electrons. The van der Waals surface area contributed by atoms with E-state index in [0.29, 0.717) is 23.3 Å². The van der Waals surface area contributed by atoms with E-state index in [1.165, 1.54) is 10.9 Å². The summed E-state index contributed by atoms with van der Waals surface area (Å²) < 4.78 is 28.7. The minimum Gasteiger partial charge on any atom is -0.362 e. The van der Waals surface area contributed by atoms with Crippen molar-refractivity contribution in [1.29, 1.82) is 0 Å². The highest BCUT2D eigenvalue weighted by Gasteiger charge is 2.40. The average molecular weight is 489 g/mol. The summed E-state index contributed by atoms with van der Waals surface area (Å²) in [6, 6.07) is 5.15. The molecule has 2 heterocycles. The number of halogens is 2. The zero-order valence-electron chi connectivity index (χ0n) is 18.8. The van der Waals surface area contributed by atoms with Gasteiger partial charge >= 0.3 is 0 Å². The first-order valence-electron chi connectivity index (χ1n) is 11.1. The highest BCUT2D eigenvalue weighted by molar-refractivity contribution is 8.01. The quantitative estimate of drug-likeness (QED) is 0.468. The third-order valence-electron chi connectivity index (χ3n) is 5.91. The lowest BCUT2D eigenvalue weighted by molar-refractivity contribution is -0.116. The van der Waals surface area contributed by atoms with Crippen molar-refractivity contribution < 1.29 is 18.4 Å². The smallest absolute Gasteiger partial charge is 0.254 e. The molecule has 8 heteroatoms. The molecule has 33 heavy (non-hydrogen) atoms. The third-order valence-corrected chi connectivity index (χ3v) is 8.39. The summed E-state index contributed by atoms with van der Waals surface area (Å²) in [4.78, 5) is 27.8. The SMILES string of the molecule is CCSc1sc(CC)cc1[C@H]1C(C(=O)Nc2ccc(F)cc2F)=C(C)NC2=C1C(=O)CCC2. The van der Waals surface area contributed by atoms with Gasteiger partial charge < -0.3 is 10.6 Å². The first kappa shape index (κ1) is 23.7. The molecule has 2 aliphatic rings. The number of carbonyl (C=O) groups excluding carboxylic acids is 2. The molecule has 1 atom stereocenters. The summed E-state index contributed by atoms with van der Waals surface area (Å²) in [5.74, 6) is -1.68. The summed E-state index contributed by atoms with van der Waals surface area (Å²) in [7, 11) is 0. The van der Waals surface area contributed by atoms with Crippen molar-refractivity contribution in [3.05, 3.63) is 68.9 Å². The molecular weight excluding hydrogens is 462 g/mol. The molecule has 1 amide bonds. The Morgan fingerprint density at radius 3 is 2.73 bits per heavy atom. The van der Waals surface area contributed by atoms with Crippen LogP contribution in [0.4, 0.5) is 14.5 Å². The molecule has 0 spiro atoms. The number of aryl methyl sites for hydroxylation is 1. The number of benzene rings is 1. The molecule has 1 aliphatic carbocycles. The summed E-state index contributed by atoms with van der Waals surface area (Å²) in [5, 5.41) is 5.89. The standard InChI is InChI=1S/C25H26F2N2O2S2/c1-4-15-12-16(25(33-15)32-5-2)22-21(13(3)28-19-7-6-8-20(30)23(19)22)24(31)29-18-10-9-14(26)11-17(18)27/h9-12,22,28H,4-8H2,1-3H3,(H,29,31)/t22-/m0/s1. The molecule has 2 N–H and O–H groups in total. The van der Waals surface area contributed by atoms with E-state index in [-0.39, 0.29) is 11.5 Å². The van der Waals surface area contributed by atoms with Gasteiger partial charge in [-0.3, -0.25) is 9.59 Å². The van der Waals surface area contributed by atoms with E-state index in [0.717, 1.165) is 52.6 Å². The van der Waals surface area contributed by atoms with E-state index in [9.17, 15) is 18.4 Å². The van der Waals surface area contributed by atoms with Crippen molar-refractivity contribution in [1.82, 2.24) is 5.32 Å². The van der Waals surface area contributed by atoms with Gasteiger partial charge in [0.05, 0.1) is 9.90 Å². The second-order valence-corrected chi connectivity index (χ2v) is 10.8. The van der Waals surface area contributed by atoms with Crippen LogP contribution in [0.2, 0.25) is 0 Å². The lowest BCUT2D eigenvalue weighted by atomic mass is 9.75. The first-order valence-corrected chi connectivity index (χ1v) is 12.9. The summed E-state index contributed by atoms with van der Waals surface area (Å²) in [6.45, 7) is 5.97. The maximum absolute atomic E-state index is 14.3. The molecule has 0 saturated heterocycles. The zero-order valence-corrected chi connectivity index (χ0v) is 20.4. The number of Topliss-reactive ketones (excluding diaryl/α,β-unsaturated/α-hetero) is 1. The van der Waals surface area contributed by atoms with E-state index in [4.69, 9.17) is 0 Å². The molecule has 0 saturated carbocycles. The number of thioether (sulfide) groups is 1. The Balaban J connectivity index is 1.83. The third kappa shape index (κ3) is 4.64. The molecule has 1 aliphatic heterocycles. The van der Waals surface area contributed by atoms with Crippen LogP contribution in [0, 0.1) is 11.6 Å². The number of carbonyl (C=O) groups is 2. The van der Waals surface area contributed by atoms with Gasteiger partial charge in [0.2, 0.25) is 0 Å². The monoisotopic (exact) mass is 488 g/mol. The van der Waals surface area contributed by atoms with E-state index < -0.39 is 23.5 Å². The van der Waals surface area contributed by atoms with Gasteiger partial charge in [-0.15, -0.1) is 23.1 Å². The summed E-state index contributed by atoms with van der Waals surface area (Å²) in [6.07, 6.45) is 2.82. The van der Waals surface area contributed by atoms with E-state index in [2.05, 4.69) is 30.5 Å². The molecule has 1 aromatic carbocycles. The van der Waals surface area contributed by atoms with Crippen LogP contribution >= 0.6 is 23.1 Å². The van der Waals surface area contributed by atoms with E-state index in [1.807, 2.05) is 6.92 Å². The van der Waals surface area contributed by atoms with Crippen LogP contribution in [-0.4, -0.2) is 17.4 Å². The van der Waals surface area contributed by atoms with Gasteiger partial charge in [0, 0.05) is 45.8 Å². The Morgan fingerprint density at radius 1 is 1.24 bits per heavy atom. The molecule has 4 rings (SSSR count). The Kier molecular flexibility index (Phi) is 7.05. The second kappa shape index (κ2) is 9.81. The van der Waals surface area contributed by atoms with Crippen LogP contribution in [0.15, 0.2) is 51.0 Å². The van der Waals surface area contributed by atoms with Gasteiger partial charge in [-0.2, -0.15) is 0 Å². The van der Waals surface area contributed by atoms with E-state index in [1.54, 1.807) is 23.1 Å². The number of thiophene rings is 1. The van der Waals surface area contributed by atoms with Crippen molar-refractivity contribution in [3.8, 4) is 0 Å². The number of amides is 1. The number of allylic oxidation sites excluding steroid dienone is 3. The molecule has 2 aromatic rings. The molecule has 0 unspecified atom stereocenters. The number of nitrogens with one attached hydrogen (secondary N) is 2. The fraction of sp³-hybridized carbons (Fsp3) is 0.360. The van der Waals surface area contributed by atoms with Gasteiger partial charge in [-0.1, -0.05) is 13.8 Å². The minimum absolute atomic E-state index is 0.0382. The van der Waals surface area contributed by atoms with Crippen LogP contribution in [-0.2, 0) is 16.0 Å². The number of rotatable bonds is 6. The Labute approximate surface area is 200 Å². The van der Waals surface area contributed by atoms with Crippen molar-refractivity contribution in [2.75, 3.05) is 11.1 Å². The number of ketones is 1. The maximum Gasteiger partial charge on any atom is 0.254 e. The normalized spacial score (nSPS) is 18.3. The van der Waals surface area contributed by atoms with Gasteiger partial charge in [0.25, 0.3) is 5.91 Å². The Morgan fingerprint density at radius 2 is 2.03 bits per heavy atom. The van der Waals surface area contributed by atoms with Crippen LogP contribution in [0.5, 0.6) is 0 Å². The number of hydrogen-bond acceptors (Lipinski definition) is 5. The number of hydrogen-bond donors (Lipinski definition) is 2.